The first kappa shape index (κ1) is 23.2. The summed E-state index contributed by atoms with van der Waals surface area (Å²) in [5, 5.41) is 36.2. The van der Waals surface area contributed by atoms with Crippen LogP contribution in [0, 0.1) is 20.2 Å². The number of hydrogen-bond acceptors (Lipinski definition) is 12. The Bertz CT molecular complexity index is 1360. The van der Waals surface area contributed by atoms with Crippen LogP contribution in [0.3, 0.4) is 0 Å². The number of nitro benzene ring substituents is 2. The van der Waals surface area contributed by atoms with Crippen molar-refractivity contribution in [2.45, 2.75) is 6.42 Å². The van der Waals surface area contributed by atoms with E-state index in [1.807, 2.05) is 0 Å². The number of hydrogen-bond donors (Lipinski definition) is 2. The molecular formula is C19H13N7O8S. The Labute approximate surface area is 198 Å². The highest BCUT2D eigenvalue weighted by molar-refractivity contribution is 7.15. The van der Waals surface area contributed by atoms with Crippen LogP contribution in [0.15, 0.2) is 41.5 Å². The zero-order valence-corrected chi connectivity index (χ0v) is 18.2. The fraction of sp³-hybridized carbons (Fsp3) is 0.105. The lowest BCUT2D eigenvalue weighted by molar-refractivity contribution is -0.385. The van der Waals surface area contributed by atoms with E-state index in [0.29, 0.717) is 5.75 Å². The zero-order valence-electron chi connectivity index (χ0n) is 17.4. The molecule has 178 valence electrons. The summed E-state index contributed by atoms with van der Waals surface area (Å²) in [5.41, 5.74) is 2.09. The van der Waals surface area contributed by atoms with Crippen LogP contribution in [0.4, 0.5) is 16.5 Å². The largest absolute Gasteiger partial charge is 0.454 e. The van der Waals surface area contributed by atoms with Crippen molar-refractivity contribution in [1.29, 1.82) is 0 Å². The second-order valence-corrected chi connectivity index (χ2v) is 7.81. The third-order valence-corrected chi connectivity index (χ3v) is 5.29. The molecule has 0 atom stereocenters. The number of benzene rings is 2. The average molecular weight is 499 g/mol. The van der Waals surface area contributed by atoms with Gasteiger partial charge in [-0.3, -0.25) is 35.1 Å². The highest BCUT2D eigenvalue weighted by Crippen LogP contribution is 2.37. The van der Waals surface area contributed by atoms with Gasteiger partial charge in [0, 0.05) is 17.7 Å². The van der Waals surface area contributed by atoms with Crippen LogP contribution in [0.1, 0.15) is 20.9 Å². The number of nitrogens with zero attached hydrogens (tertiary/aromatic N) is 5. The Morgan fingerprint density at radius 2 is 1.80 bits per heavy atom. The van der Waals surface area contributed by atoms with Gasteiger partial charge in [-0.15, -0.1) is 10.2 Å². The summed E-state index contributed by atoms with van der Waals surface area (Å²) >= 11 is 0.947. The third-order valence-electron chi connectivity index (χ3n) is 4.45. The number of nitro groups is 2. The second-order valence-electron chi connectivity index (χ2n) is 6.75. The Balaban J connectivity index is 1.33. The predicted molar refractivity (Wildman–Crippen MR) is 120 cm³/mol. The SMILES string of the molecule is O=C(Cc1nnc(NC(=O)c2ccc([N+](=O)[O-])cc2)s1)N/N=C\c1cc2c(cc1[N+](=O)[O-])OCO2. The lowest BCUT2D eigenvalue weighted by Gasteiger charge is -2.01. The van der Waals surface area contributed by atoms with Crippen molar-refractivity contribution < 1.29 is 28.9 Å². The van der Waals surface area contributed by atoms with Gasteiger partial charge in [-0.1, -0.05) is 11.3 Å². The van der Waals surface area contributed by atoms with Gasteiger partial charge >= 0.3 is 0 Å². The van der Waals surface area contributed by atoms with E-state index >= 15 is 0 Å². The number of hydrazone groups is 1. The number of aromatic nitrogens is 2. The van der Waals surface area contributed by atoms with Crippen LogP contribution in [0.5, 0.6) is 11.5 Å². The lowest BCUT2D eigenvalue weighted by atomic mass is 10.1. The monoisotopic (exact) mass is 499 g/mol. The molecule has 1 aliphatic rings. The number of anilines is 1. The van der Waals surface area contributed by atoms with Crippen molar-refractivity contribution in [2.75, 3.05) is 12.1 Å². The molecule has 0 spiro atoms. The van der Waals surface area contributed by atoms with Crippen LogP contribution in [0.2, 0.25) is 0 Å². The number of carbonyl (C=O) groups is 2. The first-order chi connectivity index (χ1) is 16.8. The molecule has 2 amide bonds. The van der Waals surface area contributed by atoms with Crippen molar-refractivity contribution in [2.24, 2.45) is 5.10 Å². The lowest BCUT2D eigenvalue weighted by Crippen LogP contribution is -2.19. The third kappa shape index (κ3) is 5.50. The molecule has 0 radical (unpaired) electrons. The molecule has 15 nitrogen and oxygen atoms in total. The maximum absolute atomic E-state index is 12.2. The van der Waals surface area contributed by atoms with Gasteiger partial charge < -0.3 is 9.47 Å². The molecule has 0 saturated heterocycles. The van der Waals surface area contributed by atoms with Gasteiger partial charge in [-0.05, 0) is 18.2 Å². The van der Waals surface area contributed by atoms with E-state index in [1.165, 1.54) is 36.4 Å². The minimum Gasteiger partial charge on any atom is -0.454 e. The second kappa shape index (κ2) is 9.87. The number of carbonyl (C=O) groups excluding carboxylic acids is 2. The summed E-state index contributed by atoms with van der Waals surface area (Å²) in [6.07, 6.45) is 0.888. The molecule has 0 aliphatic carbocycles. The molecule has 3 aromatic rings. The summed E-state index contributed by atoms with van der Waals surface area (Å²) in [6, 6.07) is 7.57. The van der Waals surface area contributed by atoms with Crippen molar-refractivity contribution in [3.63, 3.8) is 0 Å². The number of rotatable bonds is 8. The van der Waals surface area contributed by atoms with E-state index in [-0.39, 0.29) is 51.6 Å². The zero-order chi connectivity index (χ0) is 24.9. The van der Waals surface area contributed by atoms with Gasteiger partial charge in [-0.25, -0.2) is 5.43 Å². The molecule has 0 fully saturated rings. The van der Waals surface area contributed by atoms with Gasteiger partial charge in [0.1, 0.15) is 5.01 Å². The molecule has 35 heavy (non-hydrogen) atoms. The maximum atomic E-state index is 12.2. The van der Waals surface area contributed by atoms with Gasteiger partial charge in [0.25, 0.3) is 17.3 Å². The van der Waals surface area contributed by atoms with E-state index in [4.69, 9.17) is 9.47 Å². The molecule has 2 heterocycles. The van der Waals surface area contributed by atoms with E-state index < -0.39 is 21.7 Å². The molecule has 1 aliphatic heterocycles. The highest BCUT2D eigenvalue weighted by Gasteiger charge is 2.22. The number of fused-ring (bicyclic) bond motifs is 1. The van der Waals surface area contributed by atoms with Gasteiger partial charge in [-0.2, -0.15) is 5.10 Å². The van der Waals surface area contributed by atoms with E-state index in [2.05, 4.69) is 26.0 Å². The van der Waals surface area contributed by atoms with Crippen LogP contribution >= 0.6 is 11.3 Å². The summed E-state index contributed by atoms with van der Waals surface area (Å²) in [7, 11) is 0. The van der Waals surface area contributed by atoms with Gasteiger partial charge in [0.2, 0.25) is 17.8 Å². The fourth-order valence-corrected chi connectivity index (χ4v) is 3.57. The standard InChI is InChI=1S/C19H13N7O8S/c27-16(22-20-8-11-5-14-15(34-9-33-14)6-13(11)26(31)32)7-17-23-24-19(35-17)21-18(28)10-1-3-12(4-2-10)25(29)30/h1-6,8H,7,9H2,(H,22,27)(H,21,24,28)/b20-8-. The highest BCUT2D eigenvalue weighted by atomic mass is 32.1. The first-order valence-corrected chi connectivity index (χ1v) is 10.4. The van der Waals surface area contributed by atoms with Crippen LogP contribution in [-0.2, 0) is 11.2 Å². The number of non-ortho nitro benzene ring substituents is 1. The minimum absolute atomic E-state index is 0.0536. The summed E-state index contributed by atoms with van der Waals surface area (Å²) in [6.45, 7) is -0.0536. The van der Waals surface area contributed by atoms with Crippen molar-refractivity contribution in [1.82, 2.24) is 15.6 Å². The Morgan fingerprint density at radius 3 is 2.49 bits per heavy atom. The summed E-state index contributed by atoms with van der Waals surface area (Å²) < 4.78 is 10.3. The van der Waals surface area contributed by atoms with Crippen LogP contribution in [-0.4, -0.2) is 44.9 Å². The molecule has 2 N–H and O–H groups in total. The molecule has 4 rings (SSSR count). The average Bonchev–Trinajstić information content (AvgIpc) is 3.47. The van der Waals surface area contributed by atoms with E-state index in [9.17, 15) is 29.8 Å². The first-order valence-electron chi connectivity index (χ1n) is 9.58. The molecule has 2 aromatic carbocycles. The number of amides is 2. The Hall–Kier alpha value is -4.99. The number of nitrogens with one attached hydrogen (secondary N) is 2. The molecule has 0 saturated carbocycles. The normalized spacial score (nSPS) is 11.9. The summed E-state index contributed by atoms with van der Waals surface area (Å²) in [4.78, 5) is 45.1. The van der Waals surface area contributed by atoms with E-state index in [1.54, 1.807) is 0 Å². The molecular weight excluding hydrogens is 486 g/mol. The smallest absolute Gasteiger partial charge is 0.282 e. The van der Waals surface area contributed by atoms with Crippen molar-refractivity contribution in [3.05, 3.63) is 72.8 Å². The Kier molecular flexibility index (Phi) is 6.54. The van der Waals surface area contributed by atoms with Crippen LogP contribution < -0.4 is 20.2 Å². The van der Waals surface area contributed by atoms with Crippen LogP contribution in [0.25, 0.3) is 0 Å². The molecule has 0 unspecified atom stereocenters. The van der Waals surface area contributed by atoms with E-state index in [0.717, 1.165) is 17.6 Å². The van der Waals surface area contributed by atoms with Crippen molar-refractivity contribution >= 4 is 45.9 Å². The van der Waals surface area contributed by atoms with Gasteiger partial charge in [0.05, 0.1) is 34.1 Å². The Morgan fingerprint density at radius 1 is 1.09 bits per heavy atom. The maximum Gasteiger partial charge on any atom is 0.282 e. The topological polar surface area (TPSA) is 201 Å². The predicted octanol–water partition coefficient (Wildman–Crippen LogP) is 2.03. The van der Waals surface area contributed by atoms with Gasteiger partial charge in [0.15, 0.2) is 11.5 Å². The molecule has 16 heteroatoms. The quantitative estimate of drug-likeness (QED) is 0.262. The molecule has 0 bridgehead atoms. The number of ether oxygens (including phenoxy) is 2. The molecule has 1 aromatic heterocycles. The fourth-order valence-electron chi connectivity index (χ4n) is 2.84. The minimum atomic E-state index is -0.612. The summed E-state index contributed by atoms with van der Waals surface area (Å²) in [5.74, 6) is -0.567. The van der Waals surface area contributed by atoms with Crippen molar-refractivity contribution in [3.8, 4) is 11.5 Å².